The van der Waals surface area contributed by atoms with Crippen molar-refractivity contribution in [1.29, 1.82) is 0 Å². The molecule has 0 saturated carbocycles. The van der Waals surface area contributed by atoms with Gasteiger partial charge >= 0.3 is 6.09 Å². The highest BCUT2D eigenvalue weighted by atomic mass is 16.6. The number of nitrogens with two attached hydrogens (primary N) is 1. The van der Waals surface area contributed by atoms with Crippen LogP contribution in [0.3, 0.4) is 0 Å². The molecule has 2 heterocycles. The molecule has 0 spiro atoms. The molecule has 0 aliphatic carbocycles. The van der Waals surface area contributed by atoms with Gasteiger partial charge in [-0.05, 0) is 27.7 Å². The molecule has 0 bridgehead atoms. The average molecular weight is 295 g/mol. The molecule has 0 radical (unpaired) electrons. The van der Waals surface area contributed by atoms with Gasteiger partial charge in [-0.25, -0.2) is 9.48 Å². The van der Waals surface area contributed by atoms with Crippen molar-refractivity contribution in [2.75, 3.05) is 43.4 Å². The van der Waals surface area contributed by atoms with Gasteiger partial charge in [-0.15, -0.1) is 0 Å². The minimum absolute atomic E-state index is 0.237. The molecule has 1 fully saturated rings. The predicted octanol–water partition coefficient (Wildman–Crippen LogP) is 1.63. The van der Waals surface area contributed by atoms with Crippen molar-refractivity contribution >= 4 is 17.6 Å². The number of piperazine rings is 1. The number of aryl methyl sites for hydroxylation is 1. The van der Waals surface area contributed by atoms with Crippen LogP contribution in [0.2, 0.25) is 0 Å². The molecule has 1 aromatic heterocycles. The molecular formula is C14H25N5O2. The Morgan fingerprint density at radius 2 is 1.95 bits per heavy atom. The van der Waals surface area contributed by atoms with E-state index in [2.05, 4.69) is 23.8 Å². The maximum atomic E-state index is 11.7. The van der Waals surface area contributed by atoms with Gasteiger partial charge in [0.15, 0.2) is 5.82 Å². The number of anilines is 2. The number of nitrogens with zero attached hydrogens (tertiary/aromatic N) is 4. The van der Waals surface area contributed by atoms with Gasteiger partial charge in [0.25, 0.3) is 0 Å². The Kier molecular flexibility index (Phi) is 4.59. The van der Waals surface area contributed by atoms with E-state index >= 15 is 0 Å². The number of nitrogen functional groups attached to an aromatic ring is 1. The molecular weight excluding hydrogens is 270 g/mol. The van der Waals surface area contributed by atoms with Crippen molar-refractivity contribution in [1.82, 2.24) is 14.7 Å². The Morgan fingerprint density at radius 1 is 1.33 bits per heavy atom. The van der Waals surface area contributed by atoms with Crippen molar-refractivity contribution < 1.29 is 9.53 Å². The molecule has 1 saturated heterocycles. The minimum atomic E-state index is -0.237. The van der Waals surface area contributed by atoms with E-state index < -0.39 is 0 Å². The maximum absolute atomic E-state index is 11.7. The van der Waals surface area contributed by atoms with E-state index in [4.69, 9.17) is 10.5 Å². The second-order valence-electron chi connectivity index (χ2n) is 5.53. The van der Waals surface area contributed by atoms with Gasteiger partial charge in [0.05, 0.1) is 18.0 Å². The lowest BCUT2D eigenvalue weighted by atomic mass is 10.3. The van der Waals surface area contributed by atoms with E-state index in [0.717, 1.165) is 30.3 Å². The van der Waals surface area contributed by atoms with Crippen LogP contribution < -0.4 is 10.6 Å². The monoisotopic (exact) mass is 295 g/mol. The van der Waals surface area contributed by atoms with Crippen LogP contribution in [0.4, 0.5) is 16.3 Å². The van der Waals surface area contributed by atoms with Crippen molar-refractivity contribution in [3.8, 4) is 0 Å². The highest BCUT2D eigenvalue weighted by Gasteiger charge is 2.26. The summed E-state index contributed by atoms with van der Waals surface area (Å²) in [6.45, 7) is 11.1. The number of ether oxygens (including phenoxy) is 1. The number of carbonyl (C=O) groups is 1. The van der Waals surface area contributed by atoms with E-state index in [1.54, 1.807) is 4.90 Å². The Balaban J connectivity index is 2.11. The Hall–Kier alpha value is -1.92. The van der Waals surface area contributed by atoms with Crippen LogP contribution >= 0.6 is 0 Å². The van der Waals surface area contributed by atoms with Gasteiger partial charge in [0, 0.05) is 32.2 Å². The lowest BCUT2D eigenvalue weighted by Gasteiger charge is -2.36. The molecule has 0 atom stereocenters. The third kappa shape index (κ3) is 3.06. The summed E-state index contributed by atoms with van der Waals surface area (Å²) in [7, 11) is 0. The second kappa shape index (κ2) is 6.24. The third-order valence-corrected chi connectivity index (χ3v) is 3.70. The van der Waals surface area contributed by atoms with Crippen LogP contribution in [0.15, 0.2) is 0 Å². The standard InChI is InChI=1S/C14H25N5O2/c1-5-21-14(20)18-8-6-17(7-9-18)13-12(15)11(4)16-19(13)10(2)3/h10H,5-9,15H2,1-4H3. The highest BCUT2D eigenvalue weighted by molar-refractivity contribution is 5.69. The Bertz CT molecular complexity index is 504. The fourth-order valence-electron chi connectivity index (χ4n) is 2.54. The molecule has 1 aromatic rings. The zero-order chi connectivity index (χ0) is 15.6. The van der Waals surface area contributed by atoms with E-state index in [1.807, 2.05) is 18.5 Å². The first-order valence-corrected chi connectivity index (χ1v) is 7.46. The smallest absolute Gasteiger partial charge is 0.409 e. The van der Waals surface area contributed by atoms with E-state index in [0.29, 0.717) is 19.7 Å². The topological polar surface area (TPSA) is 76.6 Å². The Morgan fingerprint density at radius 3 is 2.48 bits per heavy atom. The first-order valence-electron chi connectivity index (χ1n) is 7.46. The lowest BCUT2D eigenvalue weighted by Crippen LogP contribution is -2.49. The zero-order valence-corrected chi connectivity index (χ0v) is 13.3. The normalized spacial score (nSPS) is 15.7. The quantitative estimate of drug-likeness (QED) is 0.917. The van der Waals surface area contributed by atoms with Crippen LogP contribution in [-0.4, -0.2) is 53.6 Å². The molecule has 1 amide bonds. The first kappa shape index (κ1) is 15.5. The zero-order valence-electron chi connectivity index (χ0n) is 13.3. The van der Waals surface area contributed by atoms with Gasteiger partial charge < -0.3 is 20.3 Å². The van der Waals surface area contributed by atoms with E-state index in [9.17, 15) is 4.79 Å². The van der Waals surface area contributed by atoms with Crippen molar-refractivity contribution in [3.63, 3.8) is 0 Å². The minimum Gasteiger partial charge on any atom is -0.450 e. The lowest BCUT2D eigenvalue weighted by molar-refractivity contribution is 0.105. The number of hydrogen-bond acceptors (Lipinski definition) is 5. The first-order chi connectivity index (χ1) is 9.95. The maximum Gasteiger partial charge on any atom is 0.409 e. The van der Waals surface area contributed by atoms with Crippen molar-refractivity contribution in [2.24, 2.45) is 0 Å². The summed E-state index contributed by atoms with van der Waals surface area (Å²) in [4.78, 5) is 15.7. The summed E-state index contributed by atoms with van der Waals surface area (Å²) in [6, 6.07) is 0.249. The van der Waals surface area contributed by atoms with E-state index in [-0.39, 0.29) is 12.1 Å². The molecule has 0 unspecified atom stereocenters. The van der Waals surface area contributed by atoms with Crippen LogP contribution in [0.5, 0.6) is 0 Å². The molecule has 7 nitrogen and oxygen atoms in total. The van der Waals surface area contributed by atoms with Gasteiger partial charge in [0.2, 0.25) is 0 Å². The Labute approximate surface area is 125 Å². The summed E-state index contributed by atoms with van der Waals surface area (Å²) in [6.07, 6.45) is -0.237. The predicted molar refractivity (Wildman–Crippen MR) is 82.6 cm³/mol. The van der Waals surface area contributed by atoms with E-state index in [1.165, 1.54) is 0 Å². The van der Waals surface area contributed by atoms with Gasteiger partial charge in [0.1, 0.15) is 0 Å². The van der Waals surface area contributed by atoms with Crippen LogP contribution in [-0.2, 0) is 4.74 Å². The van der Waals surface area contributed by atoms with Gasteiger partial charge in [-0.2, -0.15) is 5.10 Å². The number of hydrogen-bond donors (Lipinski definition) is 1. The summed E-state index contributed by atoms with van der Waals surface area (Å²) in [5, 5.41) is 4.51. The van der Waals surface area contributed by atoms with Crippen LogP contribution in [0.1, 0.15) is 32.5 Å². The molecule has 1 aliphatic rings. The third-order valence-electron chi connectivity index (χ3n) is 3.70. The average Bonchev–Trinajstić information content (AvgIpc) is 2.76. The van der Waals surface area contributed by atoms with Gasteiger partial charge in [-0.1, -0.05) is 0 Å². The largest absolute Gasteiger partial charge is 0.450 e. The fourth-order valence-corrected chi connectivity index (χ4v) is 2.54. The highest BCUT2D eigenvalue weighted by Crippen LogP contribution is 2.30. The van der Waals surface area contributed by atoms with Crippen LogP contribution in [0.25, 0.3) is 0 Å². The summed E-state index contributed by atoms with van der Waals surface area (Å²) < 4.78 is 7.00. The molecule has 21 heavy (non-hydrogen) atoms. The fraction of sp³-hybridized carbons (Fsp3) is 0.714. The second-order valence-corrected chi connectivity index (χ2v) is 5.53. The summed E-state index contributed by atoms with van der Waals surface area (Å²) in [5.41, 5.74) is 7.77. The SMILES string of the molecule is CCOC(=O)N1CCN(c2c(N)c(C)nn2C(C)C)CC1. The number of carbonyl (C=O) groups excluding carboxylic acids is 1. The number of aromatic nitrogens is 2. The molecule has 0 aromatic carbocycles. The number of rotatable bonds is 3. The molecule has 2 rings (SSSR count). The molecule has 2 N–H and O–H groups in total. The van der Waals surface area contributed by atoms with Gasteiger partial charge in [-0.3, -0.25) is 0 Å². The summed E-state index contributed by atoms with van der Waals surface area (Å²) >= 11 is 0. The summed E-state index contributed by atoms with van der Waals surface area (Å²) in [5.74, 6) is 0.964. The molecule has 118 valence electrons. The number of amides is 1. The molecule has 1 aliphatic heterocycles. The van der Waals surface area contributed by atoms with Crippen LogP contribution in [0, 0.1) is 6.92 Å². The molecule has 7 heteroatoms. The van der Waals surface area contributed by atoms with Crippen molar-refractivity contribution in [2.45, 2.75) is 33.7 Å². The van der Waals surface area contributed by atoms with Crippen molar-refractivity contribution in [3.05, 3.63) is 5.69 Å².